The highest BCUT2D eigenvalue weighted by atomic mass is 16.4. The van der Waals surface area contributed by atoms with Gasteiger partial charge in [-0.2, -0.15) is 0 Å². The molecular formula is C12H21NO2. The summed E-state index contributed by atoms with van der Waals surface area (Å²) >= 11 is 0. The molecule has 15 heavy (non-hydrogen) atoms. The quantitative estimate of drug-likeness (QED) is 0.776. The largest absolute Gasteiger partial charge is 0.481 e. The van der Waals surface area contributed by atoms with Crippen molar-refractivity contribution in [3.05, 3.63) is 0 Å². The number of carboxylic acid groups (broad SMARTS) is 1. The van der Waals surface area contributed by atoms with Crippen LogP contribution in [0.1, 0.15) is 38.5 Å². The summed E-state index contributed by atoms with van der Waals surface area (Å²) in [4.78, 5) is 13.6. The first-order chi connectivity index (χ1) is 7.12. The van der Waals surface area contributed by atoms with Crippen LogP contribution in [0.4, 0.5) is 0 Å². The molecule has 2 aliphatic rings. The Morgan fingerprint density at radius 1 is 1.47 bits per heavy atom. The number of nitrogens with zero attached hydrogens (tertiary/aromatic N) is 1. The van der Waals surface area contributed by atoms with Crippen LogP contribution in [0.15, 0.2) is 0 Å². The van der Waals surface area contributed by atoms with Crippen LogP contribution in [0, 0.1) is 11.3 Å². The maximum absolute atomic E-state index is 11.4. The fourth-order valence-electron chi connectivity index (χ4n) is 3.28. The van der Waals surface area contributed by atoms with Gasteiger partial charge in [0, 0.05) is 6.54 Å². The van der Waals surface area contributed by atoms with E-state index in [4.69, 9.17) is 0 Å². The monoisotopic (exact) mass is 211 g/mol. The first-order valence-electron chi connectivity index (χ1n) is 6.04. The van der Waals surface area contributed by atoms with Crippen molar-refractivity contribution in [2.24, 2.45) is 11.3 Å². The standard InChI is InChI=1S/C12H21NO2/c1-13-7-6-12(9-13,11(14)15)8-10-4-2-3-5-10/h10H,2-9H2,1H3,(H,14,15). The van der Waals surface area contributed by atoms with Crippen molar-refractivity contribution >= 4 is 5.97 Å². The van der Waals surface area contributed by atoms with Crippen LogP contribution in [0.5, 0.6) is 0 Å². The highest BCUT2D eigenvalue weighted by Crippen LogP contribution is 2.41. The smallest absolute Gasteiger partial charge is 0.310 e. The topological polar surface area (TPSA) is 40.5 Å². The summed E-state index contributed by atoms with van der Waals surface area (Å²) in [7, 11) is 2.03. The lowest BCUT2D eigenvalue weighted by Crippen LogP contribution is -2.35. The number of carbonyl (C=O) groups is 1. The Kier molecular flexibility index (Phi) is 3.01. The summed E-state index contributed by atoms with van der Waals surface area (Å²) in [5, 5.41) is 9.42. The molecule has 0 spiro atoms. The molecule has 0 aromatic rings. The van der Waals surface area contributed by atoms with Crippen molar-refractivity contribution in [1.29, 1.82) is 0 Å². The highest BCUT2D eigenvalue weighted by molar-refractivity contribution is 5.75. The molecule has 0 aromatic heterocycles. The van der Waals surface area contributed by atoms with Crippen LogP contribution < -0.4 is 0 Å². The fourth-order valence-corrected chi connectivity index (χ4v) is 3.28. The first kappa shape index (κ1) is 10.9. The lowest BCUT2D eigenvalue weighted by molar-refractivity contribution is -0.149. The van der Waals surface area contributed by atoms with E-state index in [-0.39, 0.29) is 0 Å². The molecule has 1 unspecified atom stereocenters. The summed E-state index contributed by atoms with van der Waals surface area (Å²) in [5.74, 6) is 0.103. The van der Waals surface area contributed by atoms with Gasteiger partial charge in [0.05, 0.1) is 5.41 Å². The normalized spacial score (nSPS) is 33.7. The summed E-state index contributed by atoms with van der Waals surface area (Å²) in [6.07, 6.45) is 6.85. The molecular weight excluding hydrogens is 190 g/mol. The van der Waals surface area contributed by atoms with E-state index < -0.39 is 11.4 Å². The van der Waals surface area contributed by atoms with E-state index in [9.17, 15) is 9.90 Å². The number of rotatable bonds is 3. The molecule has 1 saturated heterocycles. The van der Waals surface area contributed by atoms with Crippen molar-refractivity contribution in [2.45, 2.75) is 38.5 Å². The van der Waals surface area contributed by atoms with Gasteiger partial charge in [-0.05, 0) is 32.4 Å². The van der Waals surface area contributed by atoms with E-state index in [0.717, 1.165) is 25.9 Å². The zero-order chi connectivity index (χ0) is 10.9. The van der Waals surface area contributed by atoms with Crippen LogP contribution >= 0.6 is 0 Å². The van der Waals surface area contributed by atoms with E-state index in [1.807, 2.05) is 7.05 Å². The summed E-state index contributed by atoms with van der Waals surface area (Å²) in [6, 6.07) is 0. The predicted molar refractivity (Wildman–Crippen MR) is 58.8 cm³/mol. The molecule has 0 amide bonds. The number of hydrogen-bond donors (Lipinski definition) is 1. The van der Waals surface area contributed by atoms with Gasteiger partial charge >= 0.3 is 5.97 Å². The molecule has 1 saturated carbocycles. The molecule has 3 nitrogen and oxygen atoms in total. The van der Waals surface area contributed by atoms with Crippen molar-refractivity contribution in [3.63, 3.8) is 0 Å². The van der Waals surface area contributed by atoms with Gasteiger partial charge in [-0.25, -0.2) is 0 Å². The minimum atomic E-state index is -0.571. The van der Waals surface area contributed by atoms with Gasteiger partial charge in [-0.3, -0.25) is 4.79 Å². The second-order valence-corrected chi connectivity index (χ2v) is 5.43. The maximum atomic E-state index is 11.4. The van der Waals surface area contributed by atoms with Gasteiger partial charge in [0.15, 0.2) is 0 Å². The first-order valence-corrected chi connectivity index (χ1v) is 6.04. The van der Waals surface area contributed by atoms with Gasteiger partial charge in [0.25, 0.3) is 0 Å². The van der Waals surface area contributed by atoms with E-state index in [1.54, 1.807) is 0 Å². The number of likely N-dealkylation sites (tertiary alicyclic amines) is 1. The molecule has 0 aromatic carbocycles. The van der Waals surface area contributed by atoms with E-state index in [2.05, 4.69) is 4.90 Å². The summed E-state index contributed by atoms with van der Waals surface area (Å²) in [5.41, 5.74) is -0.427. The number of hydrogen-bond acceptors (Lipinski definition) is 2. The molecule has 1 aliphatic carbocycles. The Morgan fingerprint density at radius 2 is 2.13 bits per heavy atom. The predicted octanol–water partition coefficient (Wildman–Crippen LogP) is 1.97. The third-order valence-corrected chi connectivity index (χ3v) is 4.15. The molecule has 3 heteroatoms. The molecule has 0 bridgehead atoms. The number of aliphatic carboxylic acids is 1. The van der Waals surface area contributed by atoms with E-state index in [1.165, 1.54) is 25.7 Å². The van der Waals surface area contributed by atoms with E-state index >= 15 is 0 Å². The van der Waals surface area contributed by atoms with Gasteiger partial charge in [-0.1, -0.05) is 25.7 Å². The summed E-state index contributed by atoms with van der Waals surface area (Å²) < 4.78 is 0. The average Bonchev–Trinajstić information content (AvgIpc) is 2.77. The lowest BCUT2D eigenvalue weighted by Gasteiger charge is -2.27. The lowest BCUT2D eigenvalue weighted by atomic mass is 9.78. The SMILES string of the molecule is CN1CCC(CC2CCCC2)(C(=O)O)C1. The minimum Gasteiger partial charge on any atom is -0.481 e. The van der Waals surface area contributed by atoms with Crippen molar-refractivity contribution in [2.75, 3.05) is 20.1 Å². The Morgan fingerprint density at radius 3 is 2.60 bits per heavy atom. The van der Waals surface area contributed by atoms with Crippen LogP contribution in [0.2, 0.25) is 0 Å². The molecule has 1 aliphatic heterocycles. The zero-order valence-electron chi connectivity index (χ0n) is 9.54. The highest BCUT2D eigenvalue weighted by Gasteiger charge is 2.45. The van der Waals surface area contributed by atoms with Crippen molar-refractivity contribution < 1.29 is 9.90 Å². The molecule has 0 radical (unpaired) electrons. The second-order valence-electron chi connectivity index (χ2n) is 5.43. The Balaban J connectivity index is 2.02. The Bertz CT molecular complexity index is 248. The molecule has 2 fully saturated rings. The third kappa shape index (κ3) is 2.17. The third-order valence-electron chi connectivity index (χ3n) is 4.15. The van der Waals surface area contributed by atoms with Crippen molar-refractivity contribution in [3.8, 4) is 0 Å². The minimum absolute atomic E-state index is 0.427. The maximum Gasteiger partial charge on any atom is 0.310 e. The van der Waals surface area contributed by atoms with Gasteiger partial charge < -0.3 is 10.0 Å². The second kappa shape index (κ2) is 4.12. The summed E-state index contributed by atoms with van der Waals surface area (Å²) in [6.45, 7) is 1.69. The molecule has 1 heterocycles. The molecule has 1 atom stereocenters. The molecule has 86 valence electrons. The average molecular weight is 211 g/mol. The van der Waals surface area contributed by atoms with Gasteiger partial charge in [-0.15, -0.1) is 0 Å². The van der Waals surface area contributed by atoms with Crippen LogP contribution in [-0.2, 0) is 4.79 Å². The molecule has 2 rings (SSSR count). The fraction of sp³-hybridized carbons (Fsp3) is 0.917. The van der Waals surface area contributed by atoms with Gasteiger partial charge in [0.1, 0.15) is 0 Å². The van der Waals surface area contributed by atoms with E-state index in [0.29, 0.717) is 5.92 Å². The molecule has 1 N–H and O–H groups in total. The van der Waals surface area contributed by atoms with Crippen LogP contribution in [-0.4, -0.2) is 36.1 Å². The zero-order valence-corrected chi connectivity index (χ0v) is 9.54. The Labute approximate surface area is 91.5 Å². The van der Waals surface area contributed by atoms with Crippen LogP contribution in [0.3, 0.4) is 0 Å². The van der Waals surface area contributed by atoms with Gasteiger partial charge in [0.2, 0.25) is 0 Å². The number of carboxylic acids is 1. The van der Waals surface area contributed by atoms with Crippen LogP contribution in [0.25, 0.3) is 0 Å². The Hall–Kier alpha value is -0.570. The van der Waals surface area contributed by atoms with Crippen molar-refractivity contribution in [1.82, 2.24) is 4.90 Å².